The summed E-state index contributed by atoms with van der Waals surface area (Å²) < 4.78 is 31.0. The molecule has 27 heavy (non-hydrogen) atoms. The van der Waals surface area contributed by atoms with Crippen LogP contribution in [0.2, 0.25) is 0 Å². The molecule has 0 spiro atoms. The number of nitrogens with one attached hydrogen (secondary N) is 3. The van der Waals surface area contributed by atoms with E-state index in [9.17, 15) is 8.42 Å². The zero-order chi connectivity index (χ0) is 19.7. The van der Waals surface area contributed by atoms with E-state index >= 15 is 0 Å². The molecule has 0 aliphatic rings. The summed E-state index contributed by atoms with van der Waals surface area (Å²) in [4.78, 5) is 4.59. The van der Waals surface area contributed by atoms with Crippen LogP contribution in [-0.2, 0) is 23.1 Å². The molecule has 2 aromatic rings. The Morgan fingerprint density at radius 1 is 1.04 bits per heavy atom. The summed E-state index contributed by atoms with van der Waals surface area (Å²) in [5.41, 5.74) is 2.36. The fourth-order valence-corrected chi connectivity index (χ4v) is 3.09. The van der Waals surface area contributed by atoms with E-state index < -0.39 is 10.0 Å². The molecule has 8 heteroatoms. The van der Waals surface area contributed by atoms with Crippen molar-refractivity contribution in [3.8, 4) is 5.75 Å². The van der Waals surface area contributed by atoms with Gasteiger partial charge < -0.3 is 15.4 Å². The van der Waals surface area contributed by atoms with Crippen molar-refractivity contribution in [2.45, 2.75) is 20.0 Å². The van der Waals surface area contributed by atoms with Gasteiger partial charge in [-0.2, -0.15) is 0 Å². The molecule has 3 N–H and O–H groups in total. The first kappa shape index (κ1) is 20.6. The van der Waals surface area contributed by atoms with Crippen molar-refractivity contribution in [1.29, 1.82) is 0 Å². The van der Waals surface area contributed by atoms with Gasteiger partial charge in [0, 0.05) is 18.7 Å². The minimum absolute atomic E-state index is 0.427. The molecule has 0 amide bonds. The van der Waals surface area contributed by atoms with Crippen molar-refractivity contribution >= 4 is 21.7 Å². The van der Waals surface area contributed by atoms with E-state index in [0.717, 1.165) is 23.1 Å². The first-order valence-corrected chi connectivity index (χ1v) is 10.5. The normalized spacial score (nSPS) is 11.7. The minimum atomic E-state index is -3.34. The molecule has 2 rings (SSSR count). The number of hydrogen-bond acceptors (Lipinski definition) is 4. The fourth-order valence-electron chi connectivity index (χ4n) is 2.49. The molecular formula is C19H26N4O3S. The second kappa shape index (κ2) is 9.82. The number of aliphatic imine (C=N–C) groups is 1. The molecule has 0 fully saturated rings. The van der Waals surface area contributed by atoms with Crippen LogP contribution in [0.5, 0.6) is 5.75 Å². The van der Waals surface area contributed by atoms with Crippen molar-refractivity contribution in [2.24, 2.45) is 4.99 Å². The first-order valence-electron chi connectivity index (χ1n) is 8.62. The molecule has 0 unspecified atom stereocenters. The largest absolute Gasteiger partial charge is 0.496 e. The lowest BCUT2D eigenvalue weighted by Crippen LogP contribution is -2.37. The Labute approximate surface area is 160 Å². The number of hydrogen-bond donors (Lipinski definition) is 3. The summed E-state index contributed by atoms with van der Waals surface area (Å²) in [6, 6.07) is 15.0. The molecule has 7 nitrogen and oxygen atoms in total. The number of para-hydroxylation sites is 2. The number of methoxy groups -OCH3 is 1. The highest BCUT2D eigenvalue weighted by molar-refractivity contribution is 7.92. The number of nitrogens with zero attached hydrogens (tertiary/aromatic N) is 1. The van der Waals surface area contributed by atoms with E-state index in [2.05, 4.69) is 20.3 Å². The molecule has 146 valence electrons. The van der Waals surface area contributed by atoms with Crippen molar-refractivity contribution in [3.63, 3.8) is 0 Å². The monoisotopic (exact) mass is 390 g/mol. The summed E-state index contributed by atoms with van der Waals surface area (Å²) in [6.07, 6.45) is 1.13. The molecule has 0 saturated heterocycles. The third kappa shape index (κ3) is 6.82. The average Bonchev–Trinajstić information content (AvgIpc) is 2.64. The summed E-state index contributed by atoms with van der Waals surface area (Å²) in [5.74, 6) is 1.43. The highest BCUT2D eigenvalue weighted by atomic mass is 32.2. The topological polar surface area (TPSA) is 91.8 Å². The predicted octanol–water partition coefficient (Wildman–Crippen LogP) is 2.32. The van der Waals surface area contributed by atoms with Gasteiger partial charge in [-0.15, -0.1) is 0 Å². The van der Waals surface area contributed by atoms with Gasteiger partial charge in [-0.1, -0.05) is 36.4 Å². The van der Waals surface area contributed by atoms with E-state index in [1.807, 2.05) is 43.3 Å². The maximum Gasteiger partial charge on any atom is 0.229 e. The Kier molecular flexibility index (Phi) is 7.48. The Morgan fingerprint density at radius 2 is 1.70 bits per heavy atom. The standard InChI is InChI=1S/C19H26N4O3S/c1-4-20-19(22-14-16-10-6-8-12-18(16)26-2)21-13-15-9-5-7-11-17(15)23-27(3,24)25/h5-12,23H,4,13-14H2,1-3H3,(H2,20,21,22). The van der Waals surface area contributed by atoms with Gasteiger partial charge in [0.1, 0.15) is 5.75 Å². The lowest BCUT2D eigenvalue weighted by Gasteiger charge is -2.15. The Morgan fingerprint density at radius 3 is 2.37 bits per heavy atom. The zero-order valence-electron chi connectivity index (χ0n) is 15.8. The van der Waals surface area contributed by atoms with Crippen molar-refractivity contribution < 1.29 is 13.2 Å². The maximum atomic E-state index is 11.5. The second-order valence-corrected chi connectivity index (χ2v) is 7.64. The molecule has 2 aromatic carbocycles. The van der Waals surface area contributed by atoms with Gasteiger partial charge in [0.15, 0.2) is 5.96 Å². The number of anilines is 1. The third-order valence-corrected chi connectivity index (χ3v) is 4.29. The maximum absolute atomic E-state index is 11.5. The van der Waals surface area contributed by atoms with E-state index in [4.69, 9.17) is 4.74 Å². The Bertz CT molecular complexity index is 882. The number of sulfonamides is 1. The molecule has 0 radical (unpaired) electrons. The van der Waals surface area contributed by atoms with E-state index in [1.165, 1.54) is 0 Å². The van der Waals surface area contributed by atoms with Gasteiger partial charge in [-0.25, -0.2) is 13.4 Å². The Balaban J connectivity index is 2.11. The number of ether oxygens (including phenoxy) is 1. The van der Waals surface area contributed by atoms with Crippen LogP contribution in [0.25, 0.3) is 0 Å². The van der Waals surface area contributed by atoms with Crippen LogP contribution in [-0.4, -0.2) is 34.3 Å². The minimum Gasteiger partial charge on any atom is -0.496 e. The van der Waals surface area contributed by atoms with Crippen LogP contribution in [0.1, 0.15) is 18.1 Å². The number of guanidine groups is 1. The molecular weight excluding hydrogens is 364 g/mol. The molecule has 0 aliphatic carbocycles. The van der Waals surface area contributed by atoms with E-state index in [1.54, 1.807) is 19.2 Å². The van der Waals surface area contributed by atoms with E-state index in [0.29, 0.717) is 31.3 Å². The number of rotatable bonds is 8. The van der Waals surface area contributed by atoms with Crippen molar-refractivity contribution in [1.82, 2.24) is 10.6 Å². The predicted molar refractivity (Wildman–Crippen MR) is 110 cm³/mol. The lowest BCUT2D eigenvalue weighted by molar-refractivity contribution is 0.410. The zero-order valence-corrected chi connectivity index (χ0v) is 16.6. The van der Waals surface area contributed by atoms with Gasteiger partial charge in [-0.05, 0) is 24.6 Å². The SMILES string of the molecule is CCNC(=NCc1ccccc1OC)NCc1ccccc1NS(C)(=O)=O. The highest BCUT2D eigenvalue weighted by Gasteiger charge is 2.08. The smallest absolute Gasteiger partial charge is 0.229 e. The summed E-state index contributed by atoms with van der Waals surface area (Å²) in [7, 11) is -1.70. The average molecular weight is 391 g/mol. The van der Waals surface area contributed by atoms with Crippen LogP contribution in [0.3, 0.4) is 0 Å². The first-order chi connectivity index (χ1) is 12.9. The van der Waals surface area contributed by atoms with Crippen LogP contribution in [0.15, 0.2) is 53.5 Å². The summed E-state index contributed by atoms with van der Waals surface area (Å²) in [5, 5.41) is 6.42. The highest BCUT2D eigenvalue weighted by Crippen LogP contribution is 2.18. The van der Waals surface area contributed by atoms with Crippen LogP contribution in [0.4, 0.5) is 5.69 Å². The van der Waals surface area contributed by atoms with Crippen molar-refractivity contribution in [2.75, 3.05) is 24.6 Å². The van der Waals surface area contributed by atoms with Gasteiger partial charge in [-0.3, -0.25) is 4.72 Å². The summed E-state index contributed by atoms with van der Waals surface area (Å²) >= 11 is 0. The van der Waals surface area contributed by atoms with Crippen LogP contribution < -0.4 is 20.1 Å². The van der Waals surface area contributed by atoms with Gasteiger partial charge in [0.2, 0.25) is 10.0 Å². The molecule has 0 saturated carbocycles. The molecule has 0 bridgehead atoms. The molecule has 0 aromatic heterocycles. The van der Waals surface area contributed by atoms with E-state index in [-0.39, 0.29) is 0 Å². The molecule has 0 heterocycles. The quantitative estimate of drug-likeness (QED) is 0.475. The number of benzene rings is 2. The molecule has 0 atom stereocenters. The Hall–Kier alpha value is -2.74. The fraction of sp³-hybridized carbons (Fsp3) is 0.316. The third-order valence-electron chi connectivity index (χ3n) is 3.70. The summed E-state index contributed by atoms with van der Waals surface area (Å²) in [6.45, 7) is 3.58. The molecule has 0 aliphatic heterocycles. The second-order valence-electron chi connectivity index (χ2n) is 5.89. The van der Waals surface area contributed by atoms with Crippen LogP contribution >= 0.6 is 0 Å². The lowest BCUT2D eigenvalue weighted by atomic mass is 10.2. The van der Waals surface area contributed by atoms with Gasteiger partial charge >= 0.3 is 0 Å². The van der Waals surface area contributed by atoms with Gasteiger partial charge in [0.05, 0.1) is 25.6 Å². The van der Waals surface area contributed by atoms with Crippen molar-refractivity contribution in [3.05, 3.63) is 59.7 Å². The van der Waals surface area contributed by atoms with Crippen LogP contribution in [0, 0.1) is 0 Å². The van der Waals surface area contributed by atoms with Gasteiger partial charge in [0.25, 0.3) is 0 Å².